The normalized spacial score (nSPS) is 21.3. The highest BCUT2D eigenvalue weighted by atomic mass is 79.9. The van der Waals surface area contributed by atoms with Gasteiger partial charge < -0.3 is 14.2 Å². The molecule has 2 unspecified atom stereocenters. The molecule has 0 aromatic heterocycles. The Morgan fingerprint density at radius 2 is 1.72 bits per heavy atom. The summed E-state index contributed by atoms with van der Waals surface area (Å²) in [5, 5.41) is 7.08. The van der Waals surface area contributed by atoms with E-state index in [1.165, 1.54) is 0 Å². The quantitative estimate of drug-likeness (QED) is 0.524. The smallest absolute Gasteiger partial charge is 0.231 e. The van der Waals surface area contributed by atoms with Crippen LogP contribution in [0.5, 0.6) is 17.2 Å². The molecule has 6 heteroatoms. The minimum Gasteiger partial charge on any atom is -0.464 e. The summed E-state index contributed by atoms with van der Waals surface area (Å²) >= 11 is 3.60. The molecular weight excluding hydrogens is 432 g/mol. The summed E-state index contributed by atoms with van der Waals surface area (Å²) in [6.45, 7) is 0.254. The maximum absolute atomic E-state index is 6.43. The molecule has 0 saturated heterocycles. The van der Waals surface area contributed by atoms with E-state index >= 15 is 0 Å². The van der Waals surface area contributed by atoms with Gasteiger partial charge in [-0.05, 0) is 42.0 Å². The summed E-state index contributed by atoms with van der Waals surface area (Å²) in [6.07, 6.45) is 0.502. The van der Waals surface area contributed by atoms with Gasteiger partial charge in [-0.1, -0.05) is 46.3 Å². The Labute approximate surface area is 176 Å². The third kappa shape index (κ3) is 2.78. The minimum absolute atomic E-state index is 0.113. The van der Waals surface area contributed by atoms with Gasteiger partial charge in [-0.15, -0.1) is 0 Å². The van der Waals surface area contributed by atoms with Crippen LogP contribution in [-0.2, 0) is 0 Å². The number of ether oxygens (including phenoxy) is 3. The van der Waals surface area contributed by atoms with E-state index in [1.54, 1.807) is 0 Å². The van der Waals surface area contributed by atoms with Crippen molar-refractivity contribution in [2.75, 3.05) is 6.79 Å². The van der Waals surface area contributed by atoms with Gasteiger partial charge in [0, 0.05) is 22.0 Å². The standard InChI is InChI=1S/C23H17BrN2O3/c24-16-7-9-20-17(11-16)19-12-18(14-4-2-1-3-5-14)25-26(19)23(29-20)15-6-8-21-22(10-15)28-13-27-21/h1-11,19,23H,12-13H2. The third-order valence-electron chi connectivity index (χ3n) is 5.54. The lowest BCUT2D eigenvalue weighted by Gasteiger charge is -2.38. The molecule has 0 aliphatic carbocycles. The molecule has 0 N–H and O–H groups in total. The lowest BCUT2D eigenvalue weighted by atomic mass is 9.96. The van der Waals surface area contributed by atoms with E-state index < -0.39 is 0 Å². The van der Waals surface area contributed by atoms with Crippen molar-refractivity contribution in [3.05, 3.63) is 87.9 Å². The van der Waals surface area contributed by atoms with Crippen molar-refractivity contribution in [2.24, 2.45) is 5.10 Å². The molecule has 3 aromatic rings. The summed E-state index contributed by atoms with van der Waals surface area (Å²) in [5.74, 6) is 2.40. The topological polar surface area (TPSA) is 43.3 Å². The first-order chi connectivity index (χ1) is 14.3. The molecule has 0 amide bonds. The van der Waals surface area contributed by atoms with E-state index in [0.717, 1.165) is 50.5 Å². The summed E-state index contributed by atoms with van der Waals surface area (Å²) in [4.78, 5) is 0. The Balaban J connectivity index is 1.46. The van der Waals surface area contributed by atoms with Crippen molar-refractivity contribution in [2.45, 2.75) is 18.7 Å². The summed E-state index contributed by atoms with van der Waals surface area (Å²) in [5.41, 5.74) is 4.34. The first kappa shape index (κ1) is 16.9. The second kappa shape index (κ2) is 6.52. The SMILES string of the molecule is Brc1ccc2c(c1)C1CC(c3ccccc3)=NN1C(c1ccc3c(c1)OCO3)O2. The van der Waals surface area contributed by atoms with Gasteiger partial charge in [-0.2, -0.15) is 5.10 Å². The van der Waals surface area contributed by atoms with Crippen LogP contribution in [0, 0.1) is 0 Å². The largest absolute Gasteiger partial charge is 0.464 e. The predicted octanol–water partition coefficient (Wildman–Crippen LogP) is 5.42. The number of hydrogen-bond donors (Lipinski definition) is 0. The van der Waals surface area contributed by atoms with Crippen LogP contribution in [-0.4, -0.2) is 17.5 Å². The number of rotatable bonds is 2. The zero-order valence-electron chi connectivity index (χ0n) is 15.4. The van der Waals surface area contributed by atoms with E-state index in [-0.39, 0.29) is 19.1 Å². The van der Waals surface area contributed by atoms with Gasteiger partial charge in [-0.25, -0.2) is 5.01 Å². The third-order valence-corrected chi connectivity index (χ3v) is 6.03. The van der Waals surface area contributed by atoms with Crippen LogP contribution >= 0.6 is 15.9 Å². The highest BCUT2D eigenvalue weighted by Crippen LogP contribution is 2.49. The Bertz CT molecular complexity index is 1130. The van der Waals surface area contributed by atoms with Crippen LogP contribution in [0.25, 0.3) is 0 Å². The average Bonchev–Trinajstić information content (AvgIpc) is 3.41. The number of nitrogens with zero attached hydrogens (tertiary/aromatic N) is 2. The maximum atomic E-state index is 6.43. The first-order valence-corrected chi connectivity index (χ1v) is 10.3. The number of halogens is 1. The molecule has 0 fully saturated rings. The van der Waals surface area contributed by atoms with Gasteiger partial charge in [0.15, 0.2) is 11.5 Å². The van der Waals surface area contributed by atoms with Gasteiger partial charge in [0.25, 0.3) is 0 Å². The molecule has 0 radical (unpaired) electrons. The van der Waals surface area contributed by atoms with Gasteiger partial charge in [-0.3, -0.25) is 0 Å². The van der Waals surface area contributed by atoms with Crippen molar-refractivity contribution < 1.29 is 14.2 Å². The van der Waals surface area contributed by atoms with E-state index in [2.05, 4.69) is 39.1 Å². The lowest BCUT2D eigenvalue weighted by molar-refractivity contribution is -0.0191. The fraction of sp³-hybridized carbons (Fsp3) is 0.174. The Hall–Kier alpha value is -2.99. The van der Waals surface area contributed by atoms with Crippen molar-refractivity contribution in [3.8, 4) is 17.2 Å². The molecule has 5 nitrogen and oxygen atoms in total. The first-order valence-electron chi connectivity index (χ1n) is 9.53. The molecule has 0 spiro atoms. The van der Waals surface area contributed by atoms with Crippen molar-refractivity contribution in [1.82, 2.24) is 5.01 Å². The zero-order valence-corrected chi connectivity index (χ0v) is 17.0. The van der Waals surface area contributed by atoms with Crippen LogP contribution in [0.2, 0.25) is 0 Å². The van der Waals surface area contributed by atoms with Crippen molar-refractivity contribution in [3.63, 3.8) is 0 Å². The Morgan fingerprint density at radius 1 is 0.897 bits per heavy atom. The molecule has 29 heavy (non-hydrogen) atoms. The van der Waals surface area contributed by atoms with Crippen molar-refractivity contribution >= 4 is 21.6 Å². The Morgan fingerprint density at radius 3 is 2.62 bits per heavy atom. The fourth-order valence-electron chi connectivity index (χ4n) is 4.15. The monoisotopic (exact) mass is 448 g/mol. The predicted molar refractivity (Wildman–Crippen MR) is 112 cm³/mol. The molecule has 3 aromatic carbocycles. The van der Waals surface area contributed by atoms with Crippen molar-refractivity contribution in [1.29, 1.82) is 0 Å². The molecule has 3 heterocycles. The van der Waals surface area contributed by atoms with Crippen LogP contribution in [0.15, 0.2) is 76.3 Å². The van der Waals surface area contributed by atoms with Crippen LogP contribution in [0.3, 0.4) is 0 Å². The number of fused-ring (bicyclic) bond motifs is 4. The van der Waals surface area contributed by atoms with Gasteiger partial charge in [0.05, 0.1) is 11.8 Å². The Kier molecular flexibility index (Phi) is 3.81. The van der Waals surface area contributed by atoms with E-state index in [9.17, 15) is 0 Å². The lowest BCUT2D eigenvalue weighted by Crippen LogP contribution is -2.33. The number of hydrogen-bond acceptors (Lipinski definition) is 5. The molecule has 2 atom stereocenters. The second-order valence-electron chi connectivity index (χ2n) is 7.28. The summed E-state index contributed by atoms with van der Waals surface area (Å²) in [7, 11) is 0. The van der Waals surface area contributed by atoms with Crippen LogP contribution in [0.1, 0.15) is 35.4 Å². The van der Waals surface area contributed by atoms with Gasteiger partial charge in [0.2, 0.25) is 13.0 Å². The van der Waals surface area contributed by atoms with E-state index in [1.807, 2.05) is 48.5 Å². The molecule has 6 rings (SSSR count). The molecule has 3 aliphatic rings. The number of benzene rings is 3. The van der Waals surface area contributed by atoms with Crippen LogP contribution in [0.4, 0.5) is 0 Å². The average molecular weight is 449 g/mol. The van der Waals surface area contributed by atoms with E-state index in [0.29, 0.717) is 0 Å². The molecular formula is C23H17BrN2O3. The minimum atomic E-state index is -0.329. The molecule has 0 saturated carbocycles. The zero-order chi connectivity index (χ0) is 19.4. The summed E-state index contributed by atoms with van der Waals surface area (Å²) < 4.78 is 18.5. The second-order valence-corrected chi connectivity index (χ2v) is 8.19. The fourth-order valence-corrected chi connectivity index (χ4v) is 4.53. The maximum Gasteiger partial charge on any atom is 0.231 e. The van der Waals surface area contributed by atoms with Crippen LogP contribution < -0.4 is 14.2 Å². The van der Waals surface area contributed by atoms with E-state index in [4.69, 9.17) is 19.3 Å². The molecule has 144 valence electrons. The molecule has 3 aliphatic heterocycles. The van der Waals surface area contributed by atoms with Gasteiger partial charge >= 0.3 is 0 Å². The highest BCUT2D eigenvalue weighted by Gasteiger charge is 2.41. The van der Waals surface area contributed by atoms with Gasteiger partial charge in [0.1, 0.15) is 5.75 Å². The number of hydrazone groups is 1. The summed E-state index contributed by atoms with van der Waals surface area (Å²) in [6, 6.07) is 22.6. The highest BCUT2D eigenvalue weighted by molar-refractivity contribution is 9.10. The molecule has 0 bridgehead atoms.